The van der Waals surface area contributed by atoms with Gasteiger partial charge in [0, 0.05) is 16.9 Å². The van der Waals surface area contributed by atoms with Crippen molar-refractivity contribution in [2.45, 2.75) is 0 Å². The van der Waals surface area contributed by atoms with Crippen LogP contribution in [0.1, 0.15) is 10.5 Å². The molecule has 1 heterocycles. The van der Waals surface area contributed by atoms with Gasteiger partial charge < -0.3 is 10.4 Å². The van der Waals surface area contributed by atoms with Gasteiger partial charge in [0.1, 0.15) is 18.1 Å². The van der Waals surface area contributed by atoms with E-state index in [1.165, 1.54) is 30.5 Å². The van der Waals surface area contributed by atoms with E-state index < -0.39 is 29.9 Å². The van der Waals surface area contributed by atoms with Crippen LogP contribution >= 0.6 is 0 Å². The first-order valence-electron chi connectivity index (χ1n) is 6.10. The van der Waals surface area contributed by atoms with Gasteiger partial charge >= 0.3 is 5.91 Å². The molecule has 2 rings (SSSR count). The molecule has 2 N–H and O–H groups in total. The van der Waals surface area contributed by atoms with Crippen molar-refractivity contribution in [1.29, 1.82) is 0 Å². The maximum Gasteiger partial charge on any atom is 0.305 e. The highest BCUT2D eigenvalue weighted by Crippen LogP contribution is 2.25. The molecule has 7 nitrogen and oxygen atoms in total. The van der Waals surface area contributed by atoms with Gasteiger partial charge in [-0.05, 0) is 23.8 Å². The van der Waals surface area contributed by atoms with Crippen LogP contribution in [-0.4, -0.2) is 28.4 Å². The van der Waals surface area contributed by atoms with Crippen LogP contribution in [0.4, 0.5) is 4.39 Å². The number of amides is 2. The highest BCUT2D eigenvalue weighted by molar-refractivity contribution is 5.97. The van der Waals surface area contributed by atoms with E-state index in [9.17, 15) is 24.0 Å². The summed E-state index contributed by atoms with van der Waals surface area (Å²) in [4.78, 5) is 36.1. The number of pyridine rings is 1. The van der Waals surface area contributed by atoms with Crippen LogP contribution in [0.2, 0.25) is 0 Å². The van der Waals surface area contributed by atoms with Crippen LogP contribution in [0.25, 0.3) is 11.1 Å². The van der Waals surface area contributed by atoms with Crippen LogP contribution in [-0.2, 0) is 4.79 Å². The second kappa shape index (κ2) is 6.53. The topological polar surface area (TPSA) is 109 Å². The summed E-state index contributed by atoms with van der Waals surface area (Å²) in [5, 5.41) is 14.0. The number of hydrogen-bond acceptors (Lipinski definition) is 5. The van der Waals surface area contributed by atoms with E-state index in [0.29, 0.717) is 11.1 Å². The molecule has 0 spiro atoms. The Bertz CT molecular complexity index is 749. The van der Waals surface area contributed by atoms with Gasteiger partial charge in [-0.25, -0.2) is 9.37 Å². The van der Waals surface area contributed by atoms with Crippen molar-refractivity contribution >= 4 is 11.8 Å². The number of aromatic nitrogens is 1. The monoisotopic (exact) mass is 303 g/mol. The first-order chi connectivity index (χ1) is 10.5. The molecule has 8 heteroatoms. The van der Waals surface area contributed by atoms with Crippen molar-refractivity contribution < 1.29 is 19.1 Å². The SMILES string of the molecule is O=NC(=O)CNC(=O)c1ncc(-c2cccc(F)c2)cc1O. The summed E-state index contributed by atoms with van der Waals surface area (Å²) in [5.74, 6) is -2.77. The first-order valence-corrected chi connectivity index (χ1v) is 6.10. The Kier molecular flexibility index (Phi) is 4.52. The van der Waals surface area contributed by atoms with Crippen LogP contribution in [0.5, 0.6) is 5.75 Å². The fraction of sp³-hybridized carbons (Fsp3) is 0.0714. The molecule has 0 aliphatic heterocycles. The molecule has 2 amide bonds. The average molecular weight is 303 g/mol. The van der Waals surface area contributed by atoms with Crippen molar-refractivity contribution in [2.24, 2.45) is 5.18 Å². The van der Waals surface area contributed by atoms with E-state index in [2.05, 4.69) is 15.5 Å². The summed E-state index contributed by atoms with van der Waals surface area (Å²) < 4.78 is 13.2. The Hall–Kier alpha value is -3.16. The molecule has 0 saturated heterocycles. The van der Waals surface area contributed by atoms with Crippen molar-refractivity contribution in [2.75, 3.05) is 6.54 Å². The Morgan fingerprint density at radius 1 is 1.27 bits per heavy atom. The molecule has 0 radical (unpaired) electrons. The van der Waals surface area contributed by atoms with Gasteiger partial charge in [-0.3, -0.25) is 9.59 Å². The van der Waals surface area contributed by atoms with Gasteiger partial charge in [0.05, 0.1) is 0 Å². The third-order valence-electron chi connectivity index (χ3n) is 2.74. The second-order valence-corrected chi connectivity index (χ2v) is 4.27. The van der Waals surface area contributed by atoms with Gasteiger partial charge in [-0.1, -0.05) is 12.1 Å². The predicted octanol–water partition coefficient (Wildman–Crippen LogP) is 1.62. The number of nitroso groups, excluding NO2 is 1. The molecular formula is C14H10FN3O4. The highest BCUT2D eigenvalue weighted by Gasteiger charge is 2.15. The lowest BCUT2D eigenvalue weighted by molar-refractivity contribution is -0.117. The number of benzene rings is 1. The molecule has 0 fully saturated rings. The summed E-state index contributed by atoms with van der Waals surface area (Å²) in [6.45, 7) is -0.588. The van der Waals surface area contributed by atoms with Crippen LogP contribution in [0, 0.1) is 10.7 Å². The third-order valence-corrected chi connectivity index (χ3v) is 2.74. The van der Waals surface area contributed by atoms with Gasteiger partial charge in [0.15, 0.2) is 5.69 Å². The van der Waals surface area contributed by atoms with Gasteiger partial charge in [0.2, 0.25) is 0 Å². The Labute approximate surface area is 123 Å². The van der Waals surface area contributed by atoms with E-state index in [-0.39, 0.29) is 5.69 Å². The number of nitrogens with zero attached hydrogens (tertiary/aromatic N) is 2. The summed E-state index contributed by atoms with van der Waals surface area (Å²) in [7, 11) is 0. The average Bonchev–Trinajstić information content (AvgIpc) is 2.52. The molecular weight excluding hydrogens is 293 g/mol. The zero-order valence-electron chi connectivity index (χ0n) is 11.1. The maximum atomic E-state index is 13.2. The van der Waals surface area contributed by atoms with E-state index in [1.807, 2.05) is 0 Å². The zero-order chi connectivity index (χ0) is 16.1. The lowest BCUT2D eigenvalue weighted by Gasteiger charge is -2.07. The van der Waals surface area contributed by atoms with Crippen molar-refractivity contribution in [3.63, 3.8) is 0 Å². The molecule has 0 saturated carbocycles. The quantitative estimate of drug-likeness (QED) is 0.834. The zero-order valence-corrected chi connectivity index (χ0v) is 11.1. The number of nitrogens with one attached hydrogen (secondary N) is 1. The summed E-state index contributed by atoms with van der Waals surface area (Å²) in [5.41, 5.74) is 0.577. The van der Waals surface area contributed by atoms with E-state index in [0.717, 1.165) is 0 Å². The Morgan fingerprint density at radius 2 is 2.05 bits per heavy atom. The normalized spacial score (nSPS) is 10.0. The van der Waals surface area contributed by atoms with Gasteiger partial charge in [-0.2, -0.15) is 0 Å². The molecule has 0 atom stereocenters. The number of rotatable bonds is 4. The van der Waals surface area contributed by atoms with Crippen LogP contribution < -0.4 is 5.32 Å². The maximum absolute atomic E-state index is 13.2. The van der Waals surface area contributed by atoms with E-state index in [4.69, 9.17) is 0 Å². The minimum atomic E-state index is -1.05. The Balaban J connectivity index is 2.21. The predicted molar refractivity (Wildman–Crippen MR) is 74.4 cm³/mol. The molecule has 112 valence electrons. The summed E-state index contributed by atoms with van der Waals surface area (Å²) >= 11 is 0. The molecule has 0 aliphatic carbocycles. The molecule has 0 bridgehead atoms. The number of aromatic hydroxyl groups is 1. The fourth-order valence-electron chi connectivity index (χ4n) is 1.73. The van der Waals surface area contributed by atoms with Crippen LogP contribution in [0.15, 0.2) is 41.7 Å². The minimum absolute atomic E-state index is 0.321. The highest BCUT2D eigenvalue weighted by atomic mass is 19.1. The minimum Gasteiger partial charge on any atom is -0.505 e. The molecule has 22 heavy (non-hydrogen) atoms. The Morgan fingerprint density at radius 3 is 2.68 bits per heavy atom. The summed E-state index contributed by atoms with van der Waals surface area (Å²) in [6, 6.07) is 6.89. The number of halogens is 1. The van der Waals surface area contributed by atoms with Crippen LogP contribution in [0.3, 0.4) is 0 Å². The second-order valence-electron chi connectivity index (χ2n) is 4.27. The first kappa shape index (κ1) is 15.2. The molecule has 1 aromatic carbocycles. The molecule has 1 aromatic heterocycles. The molecule has 0 unspecified atom stereocenters. The van der Waals surface area contributed by atoms with Gasteiger partial charge in [-0.15, -0.1) is 4.91 Å². The lowest BCUT2D eigenvalue weighted by atomic mass is 10.1. The number of carbonyl (C=O) groups excluding carboxylic acids is 2. The number of hydrogen-bond donors (Lipinski definition) is 2. The standard InChI is InChI=1S/C14H10FN3O4/c15-10-3-1-2-8(4-10)9-5-11(19)13(16-6-9)14(21)17-7-12(20)18-22/h1-6,19H,7H2,(H,17,21). The lowest BCUT2D eigenvalue weighted by Crippen LogP contribution is -2.29. The largest absolute Gasteiger partial charge is 0.505 e. The fourth-order valence-corrected chi connectivity index (χ4v) is 1.73. The van der Waals surface area contributed by atoms with E-state index in [1.54, 1.807) is 6.07 Å². The van der Waals surface area contributed by atoms with Crippen molar-refractivity contribution in [3.05, 3.63) is 52.9 Å². The smallest absolute Gasteiger partial charge is 0.305 e. The molecule has 2 aromatic rings. The van der Waals surface area contributed by atoms with Crippen molar-refractivity contribution in [1.82, 2.24) is 10.3 Å². The van der Waals surface area contributed by atoms with Crippen molar-refractivity contribution in [3.8, 4) is 16.9 Å². The number of carbonyl (C=O) groups is 2. The third kappa shape index (κ3) is 3.48. The van der Waals surface area contributed by atoms with Gasteiger partial charge in [0.25, 0.3) is 5.91 Å². The summed E-state index contributed by atoms with van der Waals surface area (Å²) in [6.07, 6.45) is 1.28. The van der Waals surface area contributed by atoms with E-state index >= 15 is 0 Å². The molecule has 0 aliphatic rings.